The molecule has 78 valence electrons. The Bertz CT molecular complexity index is 401. The van der Waals surface area contributed by atoms with Crippen LogP contribution in [0.3, 0.4) is 0 Å². The summed E-state index contributed by atoms with van der Waals surface area (Å²) in [7, 11) is 0. The first kappa shape index (κ1) is 11.4. The van der Waals surface area contributed by atoms with Crippen molar-refractivity contribution >= 4 is 23.3 Å². The maximum absolute atomic E-state index is 11.3. The van der Waals surface area contributed by atoms with E-state index in [0.29, 0.717) is 0 Å². The zero-order chi connectivity index (χ0) is 11.1. The zero-order valence-electron chi connectivity index (χ0n) is 8.14. The van der Waals surface area contributed by atoms with Gasteiger partial charge in [-0.2, -0.15) is 0 Å². The van der Waals surface area contributed by atoms with E-state index in [0.717, 1.165) is 0 Å². The quantitative estimate of drug-likeness (QED) is 0.631. The molecule has 1 amide bonds. The lowest BCUT2D eigenvalue weighted by molar-refractivity contribution is -0.111. The standard InChI is InChI=1S/C10H10ClN3O/c1-2-3-4-5-8(15)14-10-9(11)12-6-7-13-10/h2-7H,1H3,(H,13,14,15)/b3-2+,5-4+. The van der Waals surface area contributed by atoms with Crippen LogP contribution in [0.25, 0.3) is 0 Å². The lowest BCUT2D eigenvalue weighted by atomic mass is 10.4. The molecule has 0 spiro atoms. The van der Waals surface area contributed by atoms with Crippen LogP contribution in [-0.4, -0.2) is 15.9 Å². The summed E-state index contributed by atoms with van der Waals surface area (Å²) in [6, 6.07) is 0. The van der Waals surface area contributed by atoms with E-state index in [2.05, 4.69) is 15.3 Å². The molecular formula is C10H10ClN3O. The highest BCUT2D eigenvalue weighted by molar-refractivity contribution is 6.32. The highest BCUT2D eigenvalue weighted by Gasteiger charge is 2.03. The van der Waals surface area contributed by atoms with Gasteiger partial charge in [0.2, 0.25) is 5.91 Å². The number of nitrogens with zero attached hydrogens (tertiary/aromatic N) is 2. The molecule has 15 heavy (non-hydrogen) atoms. The summed E-state index contributed by atoms with van der Waals surface area (Å²) in [4.78, 5) is 18.9. The normalized spacial score (nSPS) is 11.1. The third-order valence-corrected chi connectivity index (χ3v) is 1.72. The summed E-state index contributed by atoms with van der Waals surface area (Å²) in [5.74, 6) is -0.0372. The van der Waals surface area contributed by atoms with Crippen LogP contribution in [0.15, 0.2) is 36.7 Å². The van der Waals surface area contributed by atoms with Crippen LogP contribution in [-0.2, 0) is 4.79 Å². The van der Waals surface area contributed by atoms with Gasteiger partial charge in [-0.1, -0.05) is 29.8 Å². The lowest BCUT2D eigenvalue weighted by Crippen LogP contribution is -2.09. The molecule has 0 aliphatic rings. The van der Waals surface area contributed by atoms with Crippen LogP contribution in [0.2, 0.25) is 5.15 Å². The lowest BCUT2D eigenvalue weighted by Gasteiger charge is -2.00. The average Bonchev–Trinajstić information content (AvgIpc) is 2.22. The van der Waals surface area contributed by atoms with Gasteiger partial charge in [0.1, 0.15) is 0 Å². The van der Waals surface area contributed by atoms with E-state index >= 15 is 0 Å². The summed E-state index contributed by atoms with van der Waals surface area (Å²) in [5, 5.41) is 2.68. The number of anilines is 1. The maximum Gasteiger partial charge on any atom is 0.249 e. The van der Waals surface area contributed by atoms with Gasteiger partial charge in [0.15, 0.2) is 11.0 Å². The molecule has 0 aliphatic carbocycles. The molecule has 0 fully saturated rings. The van der Waals surface area contributed by atoms with Gasteiger partial charge in [0.25, 0.3) is 0 Å². The number of hydrogen-bond donors (Lipinski definition) is 1. The third-order valence-electron chi connectivity index (χ3n) is 1.45. The Labute approximate surface area is 92.7 Å². The second-order valence-electron chi connectivity index (χ2n) is 2.57. The number of halogens is 1. The Morgan fingerprint density at radius 2 is 2.13 bits per heavy atom. The topological polar surface area (TPSA) is 54.9 Å². The molecule has 1 heterocycles. The van der Waals surface area contributed by atoms with E-state index < -0.39 is 0 Å². The molecule has 1 aromatic heterocycles. The Kier molecular flexibility index (Phi) is 4.50. The van der Waals surface area contributed by atoms with Crippen molar-refractivity contribution in [3.05, 3.63) is 41.9 Å². The van der Waals surface area contributed by atoms with Gasteiger partial charge >= 0.3 is 0 Å². The minimum absolute atomic E-state index is 0.172. The Morgan fingerprint density at radius 3 is 2.80 bits per heavy atom. The van der Waals surface area contributed by atoms with Gasteiger partial charge in [-0.15, -0.1) is 0 Å². The van der Waals surface area contributed by atoms with Crippen molar-refractivity contribution < 1.29 is 4.79 Å². The number of nitrogens with one attached hydrogen (secondary N) is 1. The van der Waals surface area contributed by atoms with Crippen molar-refractivity contribution in [1.29, 1.82) is 0 Å². The predicted molar refractivity (Wildman–Crippen MR) is 59.6 cm³/mol. The highest BCUT2D eigenvalue weighted by Crippen LogP contribution is 2.13. The molecule has 0 atom stereocenters. The van der Waals surface area contributed by atoms with Crippen LogP contribution in [0, 0.1) is 0 Å². The molecule has 1 N–H and O–H groups in total. The highest BCUT2D eigenvalue weighted by atomic mass is 35.5. The van der Waals surface area contributed by atoms with Crippen molar-refractivity contribution in [2.24, 2.45) is 0 Å². The van der Waals surface area contributed by atoms with Crippen LogP contribution in [0.5, 0.6) is 0 Å². The first-order valence-corrected chi connectivity index (χ1v) is 4.68. The number of aromatic nitrogens is 2. The van der Waals surface area contributed by atoms with E-state index in [4.69, 9.17) is 11.6 Å². The third kappa shape index (κ3) is 3.91. The van der Waals surface area contributed by atoms with Gasteiger partial charge in [-0.05, 0) is 6.92 Å². The molecule has 0 saturated heterocycles. The van der Waals surface area contributed by atoms with Crippen LogP contribution >= 0.6 is 11.6 Å². The molecule has 0 aromatic carbocycles. The van der Waals surface area contributed by atoms with Crippen LogP contribution in [0.1, 0.15) is 6.92 Å². The number of carbonyl (C=O) groups is 1. The van der Waals surface area contributed by atoms with Gasteiger partial charge in [-0.25, -0.2) is 9.97 Å². The summed E-state index contributed by atoms with van der Waals surface area (Å²) in [6.45, 7) is 1.86. The molecule has 0 saturated carbocycles. The van der Waals surface area contributed by atoms with Crippen LogP contribution < -0.4 is 5.32 Å². The largest absolute Gasteiger partial charge is 0.304 e. The van der Waals surface area contributed by atoms with Crippen molar-refractivity contribution in [3.8, 4) is 0 Å². The molecule has 1 rings (SSSR count). The Balaban J connectivity index is 2.63. The summed E-state index contributed by atoms with van der Waals surface area (Å²) >= 11 is 5.70. The number of carbonyl (C=O) groups excluding carboxylic acids is 1. The average molecular weight is 224 g/mol. The molecule has 1 aromatic rings. The number of allylic oxidation sites excluding steroid dienone is 3. The van der Waals surface area contributed by atoms with Crippen molar-refractivity contribution in [2.45, 2.75) is 6.92 Å². The van der Waals surface area contributed by atoms with E-state index in [-0.39, 0.29) is 16.9 Å². The van der Waals surface area contributed by atoms with Crippen molar-refractivity contribution in [1.82, 2.24) is 9.97 Å². The number of hydrogen-bond acceptors (Lipinski definition) is 3. The molecule has 0 unspecified atom stereocenters. The first-order valence-electron chi connectivity index (χ1n) is 4.31. The minimum Gasteiger partial charge on any atom is -0.304 e. The fourth-order valence-electron chi connectivity index (χ4n) is 0.817. The van der Waals surface area contributed by atoms with Crippen LogP contribution in [0.4, 0.5) is 5.82 Å². The smallest absolute Gasteiger partial charge is 0.249 e. The SMILES string of the molecule is C/C=C/C=C/C(=O)Nc1nccnc1Cl. The summed E-state index contributed by atoms with van der Waals surface area (Å²) in [5.41, 5.74) is 0. The predicted octanol–water partition coefficient (Wildman–Crippen LogP) is 2.20. The Morgan fingerprint density at radius 1 is 1.40 bits per heavy atom. The number of amides is 1. The van der Waals surface area contributed by atoms with E-state index in [1.54, 1.807) is 12.2 Å². The van der Waals surface area contributed by atoms with Crippen molar-refractivity contribution in [3.63, 3.8) is 0 Å². The second kappa shape index (κ2) is 5.93. The minimum atomic E-state index is -0.296. The van der Waals surface area contributed by atoms with Gasteiger partial charge in [0, 0.05) is 18.5 Å². The molecule has 0 bridgehead atoms. The molecular weight excluding hydrogens is 214 g/mol. The number of rotatable bonds is 3. The summed E-state index contributed by atoms with van der Waals surface area (Å²) in [6.07, 6.45) is 9.48. The van der Waals surface area contributed by atoms with E-state index in [9.17, 15) is 4.79 Å². The van der Waals surface area contributed by atoms with Gasteiger partial charge in [-0.3, -0.25) is 4.79 Å². The first-order chi connectivity index (χ1) is 7.24. The van der Waals surface area contributed by atoms with Crippen molar-refractivity contribution in [2.75, 3.05) is 5.32 Å². The van der Waals surface area contributed by atoms with E-state index in [1.807, 2.05) is 13.0 Å². The van der Waals surface area contributed by atoms with Gasteiger partial charge in [0.05, 0.1) is 0 Å². The second-order valence-corrected chi connectivity index (χ2v) is 2.93. The summed E-state index contributed by atoms with van der Waals surface area (Å²) < 4.78 is 0. The molecule has 0 radical (unpaired) electrons. The molecule has 4 nitrogen and oxygen atoms in total. The zero-order valence-corrected chi connectivity index (χ0v) is 8.90. The fraction of sp³-hybridized carbons (Fsp3) is 0.100. The maximum atomic E-state index is 11.3. The molecule has 5 heteroatoms. The van der Waals surface area contributed by atoms with E-state index in [1.165, 1.54) is 18.5 Å². The fourth-order valence-corrected chi connectivity index (χ4v) is 0.970. The Hall–Kier alpha value is -1.68. The monoisotopic (exact) mass is 223 g/mol. The van der Waals surface area contributed by atoms with Gasteiger partial charge < -0.3 is 5.32 Å². The molecule has 0 aliphatic heterocycles.